The van der Waals surface area contributed by atoms with Crippen LogP contribution in [0.5, 0.6) is 0 Å². The first-order valence-corrected chi connectivity index (χ1v) is 11.9. The van der Waals surface area contributed by atoms with Gasteiger partial charge in [-0.3, -0.25) is 4.79 Å². The van der Waals surface area contributed by atoms with Gasteiger partial charge in [-0.2, -0.15) is 15.5 Å². The van der Waals surface area contributed by atoms with Crippen molar-refractivity contribution in [3.63, 3.8) is 0 Å². The summed E-state index contributed by atoms with van der Waals surface area (Å²) in [6.07, 6.45) is 10.2. The first-order chi connectivity index (χ1) is 16.0. The van der Waals surface area contributed by atoms with Crippen molar-refractivity contribution in [3.05, 3.63) is 70.8 Å². The Labute approximate surface area is 196 Å². The number of ketones is 1. The number of rotatable bonds is 6. The number of fused-ring (bicyclic) bond motifs is 1. The van der Waals surface area contributed by atoms with Gasteiger partial charge < -0.3 is 0 Å². The molecule has 166 valence electrons. The normalized spacial score (nSPS) is 21.2. The van der Waals surface area contributed by atoms with Gasteiger partial charge in [-0.25, -0.2) is 0 Å². The van der Waals surface area contributed by atoms with Gasteiger partial charge in [0.1, 0.15) is 0 Å². The summed E-state index contributed by atoms with van der Waals surface area (Å²) in [5.74, 6) is 0.429. The standard InChI is InChI=1S/C29H29N3O/c1-3-6-21(4-2)27(33)22-11-13-29(14-12-22)17-25-10-9-24(16-26(25)28(29)32-19-31)23-8-5-7-20(15-23)18-30/h5,7-11,15-16,21H,3-4,6,12-14,17H2,1-2H3. The van der Waals surface area contributed by atoms with Crippen molar-refractivity contribution < 1.29 is 4.79 Å². The summed E-state index contributed by atoms with van der Waals surface area (Å²) in [5, 5.41) is 18.7. The van der Waals surface area contributed by atoms with Crippen LogP contribution in [-0.2, 0) is 11.2 Å². The molecule has 0 fully saturated rings. The number of hydrogen-bond donors (Lipinski definition) is 0. The summed E-state index contributed by atoms with van der Waals surface area (Å²) >= 11 is 0. The quantitative estimate of drug-likeness (QED) is 0.483. The zero-order valence-corrected chi connectivity index (χ0v) is 19.4. The Morgan fingerprint density at radius 1 is 1.15 bits per heavy atom. The van der Waals surface area contributed by atoms with E-state index < -0.39 is 0 Å². The van der Waals surface area contributed by atoms with Gasteiger partial charge in [0.05, 0.1) is 17.3 Å². The molecule has 0 saturated carbocycles. The average molecular weight is 436 g/mol. The largest absolute Gasteiger partial charge is 0.294 e. The van der Waals surface area contributed by atoms with E-state index in [2.05, 4.69) is 49.2 Å². The van der Waals surface area contributed by atoms with Crippen molar-refractivity contribution in [1.82, 2.24) is 0 Å². The van der Waals surface area contributed by atoms with Gasteiger partial charge in [0.2, 0.25) is 6.19 Å². The summed E-state index contributed by atoms with van der Waals surface area (Å²) in [4.78, 5) is 17.3. The van der Waals surface area contributed by atoms with Crippen molar-refractivity contribution in [1.29, 1.82) is 10.5 Å². The third kappa shape index (κ3) is 4.27. The van der Waals surface area contributed by atoms with Crippen LogP contribution >= 0.6 is 0 Å². The molecule has 0 heterocycles. The molecule has 2 aliphatic rings. The van der Waals surface area contributed by atoms with E-state index >= 15 is 0 Å². The second kappa shape index (κ2) is 9.55. The van der Waals surface area contributed by atoms with Crippen molar-refractivity contribution >= 4 is 11.5 Å². The first-order valence-electron chi connectivity index (χ1n) is 11.9. The van der Waals surface area contributed by atoms with E-state index in [1.807, 2.05) is 24.4 Å². The Morgan fingerprint density at radius 2 is 1.97 bits per heavy atom. The third-order valence-electron chi connectivity index (χ3n) is 7.31. The van der Waals surface area contributed by atoms with Gasteiger partial charge in [-0.05, 0) is 79.0 Å². The van der Waals surface area contributed by atoms with Gasteiger partial charge in [0.15, 0.2) is 5.78 Å². The van der Waals surface area contributed by atoms with Crippen LogP contribution in [0.3, 0.4) is 0 Å². The lowest BCUT2D eigenvalue weighted by Crippen LogP contribution is -2.32. The van der Waals surface area contributed by atoms with Crippen LogP contribution in [0.25, 0.3) is 11.1 Å². The van der Waals surface area contributed by atoms with E-state index in [1.54, 1.807) is 6.07 Å². The number of hydrogen-bond acceptors (Lipinski definition) is 4. The summed E-state index contributed by atoms with van der Waals surface area (Å²) in [6, 6.07) is 16.1. The van der Waals surface area contributed by atoms with E-state index in [0.717, 1.165) is 72.9 Å². The molecule has 0 bridgehead atoms. The predicted octanol–water partition coefficient (Wildman–Crippen LogP) is 6.54. The van der Waals surface area contributed by atoms with E-state index in [-0.39, 0.29) is 11.3 Å². The zero-order valence-electron chi connectivity index (χ0n) is 19.4. The second-order valence-corrected chi connectivity index (χ2v) is 9.27. The Bertz CT molecular complexity index is 1220. The number of aliphatic imine (C=N–C) groups is 1. The molecule has 2 aliphatic carbocycles. The van der Waals surface area contributed by atoms with Gasteiger partial charge in [0.25, 0.3) is 0 Å². The smallest absolute Gasteiger partial charge is 0.205 e. The Morgan fingerprint density at radius 3 is 2.64 bits per heavy atom. The number of nitrogens with zero attached hydrogens (tertiary/aromatic N) is 3. The highest BCUT2D eigenvalue weighted by Gasteiger charge is 2.44. The fourth-order valence-electron chi connectivity index (χ4n) is 5.49. The molecule has 2 aromatic rings. The van der Waals surface area contributed by atoms with Crippen molar-refractivity contribution in [2.75, 3.05) is 0 Å². The number of Topliss-reactive ketones (excluding diaryl/α,β-unsaturated/α-hetero) is 1. The number of carbonyl (C=O) groups excluding carboxylic acids is 1. The zero-order chi connectivity index (χ0) is 23.4. The first kappa shape index (κ1) is 22.7. The molecule has 1 spiro atoms. The molecule has 0 aromatic heterocycles. The Kier molecular flexibility index (Phi) is 6.57. The van der Waals surface area contributed by atoms with Crippen LogP contribution in [0.2, 0.25) is 0 Å². The summed E-state index contributed by atoms with van der Waals surface area (Å²) in [7, 11) is 0. The van der Waals surface area contributed by atoms with Crippen LogP contribution < -0.4 is 0 Å². The second-order valence-electron chi connectivity index (χ2n) is 9.27. The van der Waals surface area contributed by atoms with E-state index in [1.165, 1.54) is 5.56 Å². The maximum absolute atomic E-state index is 13.0. The summed E-state index contributed by atoms with van der Waals surface area (Å²) in [5.41, 5.74) is 6.43. The molecule has 2 aromatic carbocycles. The molecule has 0 saturated heterocycles. The minimum atomic E-state index is -0.221. The summed E-state index contributed by atoms with van der Waals surface area (Å²) in [6.45, 7) is 4.23. The molecular formula is C29H29N3O. The van der Waals surface area contributed by atoms with Gasteiger partial charge in [-0.15, -0.1) is 0 Å². The molecule has 4 nitrogen and oxygen atoms in total. The highest BCUT2D eigenvalue weighted by molar-refractivity contribution is 6.10. The molecule has 33 heavy (non-hydrogen) atoms. The molecular weight excluding hydrogens is 406 g/mol. The molecule has 4 rings (SSSR count). The maximum atomic E-state index is 13.0. The van der Waals surface area contributed by atoms with Crippen molar-refractivity contribution in [3.8, 4) is 23.4 Å². The van der Waals surface area contributed by atoms with Gasteiger partial charge in [0, 0.05) is 16.9 Å². The Balaban J connectivity index is 1.65. The SMILES string of the molecule is CCCC(CC)C(=O)C1=CCC2(CC1)Cc1ccc(-c3cccc(C#N)c3)cc1C2=NC#N. The summed E-state index contributed by atoms with van der Waals surface area (Å²) < 4.78 is 0. The molecule has 0 N–H and O–H groups in total. The van der Waals surface area contributed by atoms with Crippen LogP contribution in [0, 0.1) is 34.1 Å². The van der Waals surface area contributed by atoms with Crippen molar-refractivity contribution in [2.45, 2.75) is 58.8 Å². The minimum Gasteiger partial charge on any atom is -0.294 e. The molecule has 0 aliphatic heterocycles. The van der Waals surface area contributed by atoms with E-state index in [4.69, 9.17) is 0 Å². The average Bonchev–Trinajstić information content (AvgIpc) is 3.14. The monoisotopic (exact) mass is 435 g/mol. The van der Waals surface area contributed by atoms with Crippen LogP contribution in [-0.4, -0.2) is 11.5 Å². The van der Waals surface area contributed by atoms with Crippen LogP contribution in [0.1, 0.15) is 69.1 Å². The topological polar surface area (TPSA) is 77.0 Å². The lowest BCUT2D eigenvalue weighted by atomic mass is 9.70. The van der Waals surface area contributed by atoms with E-state index in [0.29, 0.717) is 11.3 Å². The van der Waals surface area contributed by atoms with Crippen LogP contribution in [0.15, 0.2) is 59.1 Å². The van der Waals surface area contributed by atoms with Gasteiger partial charge >= 0.3 is 0 Å². The number of allylic oxidation sites excluding steroid dienone is 2. The Hall–Kier alpha value is -3.50. The lowest BCUT2D eigenvalue weighted by Gasteiger charge is -2.33. The third-order valence-corrected chi connectivity index (χ3v) is 7.31. The molecule has 2 atom stereocenters. The fourth-order valence-corrected chi connectivity index (χ4v) is 5.49. The predicted molar refractivity (Wildman–Crippen MR) is 131 cm³/mol. The number of carbonyl (C=O) groups is 1. The molecule has 2 unspecified atom stereocenters. The minimum absolute atomic E-state index is 0.120. The maximum Gasteiger partial charge on any atom is 0.205 e. The lowest BCUT2D eigenvalue weighted by molar-refractivity contribution is -0.119. The van der Waals surface area contributed by atoms with Crippen molar-refractivity contribution in [2.24, 2.45) is 16.3 Å². The van der Waals surface area contributed by atoms with Gasteiger partial charge in [-0.1, -0.05) is 50.6 Å². The van der Waals surface area contributed by atoms with E-state index in [9.17, 15) is 15.3 Å². The molecule has 0 amide bonds. The molecule has 4 heteroatoms. The molecule has 0 radical (unpaired) electrons. The number of benzene rings is 2. The highest BCUT2D eigenvalue weighted by atomic mass is 16.1. The number of nitriles is 2. The fraction of sp³-hybridized carbons (Fsp3) is 0.379. The van der Waals surface area contributed by atoms with Crippen LogP contribution in [0.4, 0.5) is 0 Å². The highest BCUT2D eigenvalue weighted by Crippen LogP contribution is 2.48.